The maximum atomic E-state index is 15.0. The summed E-state index contributed by atoms with van der Waals surface area (Å²) in [5.74, 6) is 1.77. The van der Waals surface area contributed by atoms with Crippen molar-refractivity contribution in [1.29, 1.82) is 0 Å². The summed E-state index contributed by atoms with van der Waals surface area (Å²) in [6.07, 6.45) is 0. The summed E-state index contributed by atoms with van der Waals surface area (Å²) in [5.41, 5.74) is 2.67. The van der Waals surface area contributed by atoms with Crippen molar-refractivity contribution in [1.82, 2.24) is 0 Å². The van der Waals surface area contributed by atoms with Crippen LogP contribution in [0.4, 0.5) is 0 Å². The molecular weight excluding hydrogens is 359 g/mol. The van der Waals surface area contributed by atoms with Gasteiger partial charge in [0.1, 0.15) is 17.2 Å². The third kappa shape index (κ3) is 2.15. The molecule has 0 atom stereocenters. The molecule has 3 aliphatic rings. The van der Waals surface area contributed by atoms with Crippen molar-refractivity contribution in [2.45, 2.75) is 17.9 Å². The van der Waals surface area contributed by atoms with Crippen LogP contribution in [0.1, 0.15) is 40.3 Å². The Kier molecular flexibility index (Phi) is 4.51. The van der Waals surface area contributed by atoms with E-state index < -0.39 is 11.0 Å². The van der Waals surface area contributed by atoms with Crippen molar-refractivity contribution in [2.24, 2.45) is 0 Å². The van der Waals surface area contributed by atoms with Crippen LogP contribution in [0.15, 0.2) is 54.6 Å². The Morgan fingerprint density at radius 1 is 0.621 bits per heavy atom. The van der Waals surface area contributed by atoms with E-state index in [9.17, 15) is 0 Å². The molecule has 0 N–H and O–H groups in total. The Balaban J connectivity index is 0.00000205. The predicted octanol–water partition coefficient (Wildman–Crippen LogP) is 0.350. The molecule has 0 heterocycles. The number of rotatable bonds is 3. The van der Waals surface area contributed by atoms with E-state index in [1.54, 1.807) is 21.3 Å². The van der Waals surface area contributed by atoms with Gasteiger partial charge in [-0.3, -0.25) is 0 Å². The maximum absolute atomic E-state index is 15.0. The summed E-state index contributed by atoms with van der Waals surface area (Å²) < 4.78 is 17.0. The van der Waals surface area contributed by atoms with Crippen molar-refractivity contribution in [3.63, 3.8) is 0 Å². The fraction of sp³-hybridized carbons (Fsp3) is 0.250. The van der Waals surface area contributed by atoms with E-state index in [-0.39, 0.29) is 18.9 Å². The van der Waals surface area contributed by atoms with Gasteiger partial charge in [-0.15, -0.1) is 0 Å². The molecule has 0 unspecified atom stereocenters. The first kappa shape index (κ1) is 19.9. The van der Waals surface area contributed by atoms with E-state index >= 15 is 5.11 Å². The zero-order valence-electron chi connectivity index (χ0n) is 17.3. The Hall–Kier alpha value is -2.38. The maximum Gasteiger partial charge on any atom is 1.00 e. The smallest absolute Gasteiger partial charge is 0.839 e. The largest absolute Gasteiger partial charge is 1.00 e. The van der Waals surface area contributed by atoms with Gasteiger partial charge in [0.25, 0.3) is 0 Å². The van der Waals surface area contributed by atoms with Gasteiger partial charge in [-0.1, -0.05) is 36.4 Å². The van der Waals surface area contributed by atoms with Gasteiger partial charge in [0.15, 0.2) is 0 Å². The van der Waals surface area contributed by atoms with Crippen molar-refractivity contribution in [3.8, 4) is 17.2 Å². The van der Waals surface area contributed by atoms with Crippen molar-refractivity contribution in [2.75, 3.05) is 21.3 Å². The molecule has 0 radical (unpaired) electrons. The van der Waals surface area contributed by atoms with Crippen LogP contribution >= 0.6 is 0 Å². The molecule has 142 valence electrons. The van der Waals surface area contributed by atoms with Crippen LogP contribution in [-0.2, 0) is 11.0 Å². The van der Waals surface area contributed by atoms with Crippen LogP contribution in [0.5, 0.6) is 17.2 Å². The topological polar surface area (TPSA) is 50.8 Å². The van der Waals surface area contributed by atoms with Crippen LogP contribution in [0, 0.1) is 0 Å². The molecule has 0 amide bonds. The van der Waals surface area contributed by atoms with Gasteiger partial charge in [0.2, 0.25) is 0 Å². The quantitative estimate of drug-likeness (QED) is 0.616. The predicted molar refractivity (Wildman–Crippen MR) is 104 cm³/mol. The summed E-state index contributed by atoms with van der Waals surface area (Å²) in [7, 11) is 4.82. The Labute approximate surface area is 182 Å². The van der Waals surface area contributed by atoms with Crippen molar-refractivity contribution in [3.05, 3.63) is 88.0 Å². The fourth-order valence-electron chi connectivity index (χ4n) is 5.25. The second kappa shape index (κ2) is 6.57. The van der Waals surface area contributed by atoms with Gasteiger partial charge in [-0.05, 0) is 64.1 Å². The first-order valence-corrected chi connectivity index (χ1v) is 9.27. The zero-order valence-corrected chi connectivity index (χ0v) is 17.3. The number of benzene rings is 3. The zero-order chi connectivity index (χ0) is 19.7. The molecule has 0 spiro atoms. The van der Waals surface area contributed by atoms with E-state index in [0.29, 0.717) is 33.9 Å². The summed E-state index contributed by atoms with van der Waals surface area (Å²) in [6, 6.07) is 17.5. The minimum Gasteiger partial charge on any atom is -0.839 e. The van der Waals surface area contributed by atoms with Gasteiger partial charge in [-0.25, -0.2) is 0 Å². The van der Waals surface area contributed by atoms with E-state index in [1.165, 1.54) is 0 Å². The summed E-state index contributed by atoms with van der Waals surface area (Å²) in [5, 5.41) is 15.0. The van der Waals surface area contributed by atoms with Gasteiger partial charge in [0, 0.05) is 5.41 Å². The summed E-state index contributed by atoms with van der Waals surface area (Å²) in [4.78, 5) is 0. The molecule has 6 rings (SSSR count). The van der Waals surface area contributed by atoms with Crippen LogP contribution < -0.4 is 38.2 Å². The fourth-order valence-corrected chi connectivity index (χ4v) is 5.25. The molecule has 0 aromatic heterocycles. The third-order valence-electron chi connectivity index (χ3n) is 6.41. The summed E-state index contributed by atoms with van der Waals surface area (Å²) >= 11 is 0. The normalized spacial score (nSPS) is 22.7. The molecule has 0 saturated heterocycles. The second-order valence-corrected chi connectivity index (χ2v) is 7.45. The molecule has 3 aromatic carbocycles. The molecule has 0 aliphatic heterocycles. The first-order chi connectivity index (χ1) is 13.5. The van der Waals surface area contributed by atoms with Gasteiger partial charge >= 0.3 is 18.9 Å². The average Bonchev–Trinajstić information content (AvgIpc) is 2.75. The molecule has 29 heavy (non-hydrogen) atoms. The number of methoxy groups -OCH3 is 3. The standard InChI is InChI=1S/C24H21O4.Li/c1-23-14-8-5-11-17(26-2)20(14)24(25,21-15(23)9-6-12-18(21)27-3)22-16(23)10-7-13-19(22)28-4;/h5-13H,1-4H3;/q-1;+1. The van der Waals surface area contributed by atoms with E-state index in [0.717, 1.165) is 16.7 Å². The second-order valence-electron chi connectivity index (χ2n) is 7.45. The minimum atomic E-state index is -1.69. The molecule has 5 heteroatoms. The monoisotopic (exact) mass is 380 g/mol. The first-order valence-electron chi connectivity index (χ1n) is 9.27. The molecule has 0 saturated carbocycles. The van der Waals surface area contributed by atoms with Crippen LogP contribution in [-0.4, -0.2) is 21.3 Å². The number of hydrogen-bond donors (Lipinski definition) is 0. The van der Waals surface area contributed by atoms with E-state index in [1.807, 2.05) is 54.6 Å². The van der Waals surface area contributed by atoms with Gasteiger partial charge in [0.05, 0.1) is 21.3 Å². The Morgan fingerprint density at radius 2 is 0.931 bits per heavy atom. The Bertz CT molecular complexity index is 984. The number of ether oxygens (including phenoxy) is 3. The number of hydrogen-bond acceptors (Lipinski definition) is 4. The molecule has 3 aliphatic carbocycles. The van der Waals surface area contributed by atoms with Gasteiger partial charge < -0.3 is 19.3 Å². The van der Waals surface area contributed by atoms with Crippen molar-refractivity contribution < 1.29 is 38.2 Å². The third-order valence-corrected chi connectivity index (χ3v) is 6.41. The van der Waals surface area contributed by atoms with E-state index in [4.69, 9.17) is 14.2 Å². The SMILES string of the molecule is COc1cccc2c1C1([O-])c3c(OC)cccc3C2(C)c2cccc(OC)c21.[Li+]. The minimum absolute atomic E-state index is 0. The molecule has 2 bridgehead atoms. The molecule has 3 aromatic rings. The van der Waals surface area contributed by atoms with Gasteiger partial charge in [-0.2, -0.15) is 0 Å². The van der Waals surface area contributed by atoms with Crippen molar-refractivity contribution >= 4 is 0 Å². The van der Waals surface area contributed by atoms with Crippen LogP contribution in [0.3, 0.4) is 0 Å². The van der Waals surface area contributed by atoms with E-state index in [2.05, 4.69) is 6.92 Å². The molecule has 0 fully saturated rings. The Morgan fingerprint density at radius 3 is 1.21 bits per heavy atom. The summed E-state index contributed by atoms with van der Waals surface area (Å²) in [6.45, 7) is 2.17. The molecular formula is C24H21LiO4. The van der Waals surface area contributed by atoms with Crippen LogP contribution in [0.25, 0.3) is 0 Å². The average molecular weight is 380 g/mol. The molecule has 4 nitrogen and oxygen atoms in total. The van der Waals surface area contributed by atoms with Crippen LogP contribution in [0.2, 0.25) is 0 Å².